The predicted octanol–water partition coefficient (Wildman–Crippen LogP) is 0.230. The zero-order chi connectivity index (χ0) is 15.6. The van der Waals surface area contributed by atoms with Crippen molar-refractivity contribution < 1.29 is 19.2 Å². The highest BCUT2D eigenvalue weighted by atomic mass is 16.6. The molecular formula is C13H15N3O5. The molecule has 8 nitrogen and oxygen atoms in total. The third kappa shape index (κ3) is 3.16. The number of carbonyl (C=O) groups excluding carboxylic acids is 2. The lowest BCUT2D eigenvalue weighted by atomic mass is 10.1. The topological polar surface area (TPSA) is 116 Å². The molecule has 0 spiro atoms. The number of carbonyl (C=O) groups is 2. The first-order valence-electron chi connectivity index (χ1n) is 6.35. The number of hydrogen-bond donors (Lipinski definition) is 1. The number of rotatable bonds is 3. The van der Waals surface area contributed by atoms with E-state index in [0.29, 0.717) is 12.1 Å². The Hall–Kier alpha value is -2.48. The lowest BCUT2D eigenvalue weighted by Gasteiger charge is -2.31. The van der Waals surface area contributed by atoms with Crippen LogP contribution in [-0.4, -0.2) is 47.4 Å². The van der Waals surface area contributed by atoms with Crippen LogP contribution in [0.1, 0.15) is 15.9 Å². The molecule has 1 heterocycles. The Morgan fingerprint density at radius 1 is 1.48 bits per heavy atom. The van der Waals surface area contributed by atoms with Gasteiger partial charge in [0.25, 0.3) is 11.6 Å². The van der Waals surface area contributed by atoms with Crippen molar-refractivity contribution in [3.8, 4) is 0 Å². The Morgan fingerprint density at radius 3 is 2.81 bits per heavy atom. The Morgan fingerprint density at radius 2 is 2.19 bits per heavy atom. The molecule has 2 rings (SSSR count). The Balaban J connectivity index is 2.25. The standard InChI is InChI=1S/C13H15N3O5/c1-8-2-3-9(16(19)20)6-10(8)13(18)15-4-5-21-11(7-15)12(14)17/h2-3,6,11H,4-5,7H2,1H3,(H2,14,17). The predicted molar refractivity (Wildman–Crippen MR) is 72.7 cm³/mol. The minimum absolute atomic E-state index is 0.0519. The summed E-state index contributed by atoms with van der Waals surface area (Å²) in [6.07, 6.45) is -0.846. The number of nitrogens with zero attached hydrogens (tertiary/aromatic N) is 2. The fourth-order valence-electron chi connectivity index (χ4n) is 2.13. The van der Waals surface area contributed by atoms with Gasteiger partial charge in [-0.05, 0) is 12.5 Å². The number of nitro groups is 1. The first-order chi connectivity index (χ1) is 9.90. The zero-order valence-corrected chi connectivity index (χ0v) is 11.4. The van der Waals surface area contributed by atoms with Crippen LogP contribution in [0.3, 0.4) is 0 Å². The van der Waals surface area contributed by atoms with E-state index in [1.807, 2.05) is 0 Å². The molecule has 0 aliphatic carbocycles. The van der Waals surface area contributed by atoms with Gasteiger partial charge in [0.15, 0.2) is 6.10 Å². The van der Waals surface area contributed by atoms with Crippen molar-refractivity contribution in [2.75, 3.05) is 19.7 Å². The molecule has 1 unspecified atom stereocenters. The van der Waals surface area contributed by atoms with Crippen molar-refractivity contribution in [1.82, 2.24) is 4.90 Å². The zero-order valence-electron chi connectivity index (χ0n) is 11.4. The van der Waals surface area contributed by atoms with Gasteiger partial charge in [0, 0.05) is 24.2 Å². The number of primary amides is 1. The van der Waals surface area contributed by atoms with Crippen molar-refractivity contribution in [2.24, 2.45) is 5.73 Å². The minimum Gasteiger partial charge on any atom is -0.367 e. The lowest BCUT2D eigenvalue weighted by Crippen LogP contribution is -2.50. The van der Waals surface area contributed by atoms with Crippen molar-refractivity contribution in [1.29, 1.82) is 0 Å². The number of aryl methyl sites for hydroxylation is 1. The first kappa shape index (κ1) is 14.9. The maximum absolute atomic E-state index is 12.5. The molecule has 1 aromatic carbocycles. The molecule has 112 valence electrons. The van der Waals surface area contributed by atoms with Gasteiger partial charge in [0.1, 0.15) is 0 Å². The quantitative estimate of drug-likeness (QED) is 0.632. The molecule has 21 heavy (non-hydrogen) atoms. The van der Waals surface area contributed by atoms with Crippen LogP contribution in [0.15, 0.2) is 18.2 Å². The maximum atomic E-state index is 12.5. The molecule has 0 bridgehead atoms. The van der Waals surface area contributed by atoms with Crippen LogP contribution in [0, 0.1) is 17.0 Å². The number of hydrogen-bond acceptors (Lipinski definition) is 5. The van der Waals surface area contributed by atoms with E-state index >= 15 is 0 Å². The Labute approximate surface area is 120 Å². The summed E-state index contributed by atoms with van der Waals surface area (Å²) in [4.78, 5) is 35.3. The van der Waals surface area contributed by atoms with E-state index in [4.69, 9.17) is 10.5 Å². The number of nitrogens with two attached hydrogens (primary N) is 1. The van der Waals surface area contributed by atoms with E-state index in [1.54, 1.807) is 6.92 Å². The van der Waals surface area contributed by atoms with Gasteiger partial charge in [-0.1, -0.05) is 6.07 Å². The third-order valence-electron chi connectivity index (χ3n) is 3.33. The molecule has 0 radical (unpaired) electrons. The second kappa shape index (κ2) is 5.88. The molecule has 2 N–H and O–H groups in total. The van der Waals surface area contributed by atoms with E-state index in [-0.39, 0.29) is 30.3 Å². The average molecular weight is 293 g/mol. The van der Waals surface area contributed by atoms with Crippen LogP contribution < -0.4 is 5.73 Å². The Bertz CT molecular complexity index is 601. The summed E-state index contributed by atoms with van der Waals surface area (Å²) in [7, 11) is 0. The summed E-state index contributed by atoms with van der Waals surface area (Å²) in [5, 5.41) is 10.8. The molecule has 1 aliphatic heterocycles. The van der Waals surface area contributed by atoms with Gasteiger partial charge in [0.2, 0.25) is 5.91 Å². The monoisotopic (exact) mass is 293 g/mol. The van der Waals surface area contributed by atoms with Gasteiger partial charge in [-0.3, -0.25) is 19.7 Å². The number of benzene rings is 1. The van der Waals surface area contributed by atoms with Crippen LogP contribution in [0.4, 0.5) is 5.69 Å². The minimum atomic E-state index is -0.846. The molecule has 1 aromatic rings. The number of ether oxygens (including phenoxy) is 1. The maximum Gasteiger partial charge on any atom is 0.270 e. The van der Waals surface area contributed by atoms with Gasteiger partial charge in [-0.25, -0.2) is 0 Å². The molecule has 1 atom stereocenters. The van der Waals surface area contributed by atoms with E-state index in [9.17, 15) is 19.7 Å². The van der Waals surface area contributed by atoms with Crippen molar-refractivity contribution in [3.63, 3.8) is 0 Å². The molecule has 0 saturated carbocycles. The van der Waals surface area contributed by atoms with Crippen LogP contribution in [0.2, 0.25) is 0 Å². The fraction of sp³-hybridized carbons (Fsp3) is 0.385. The fourth-order valence-corrected chi connectivity index (χ4v) is 2.13. The summed E-state index contributed by atoms with van der Waals surface area (Å²) in [6.45, 7) is 2.26. The smallest absolute Gasteiger partial charge is 0.270 e. The van der Waals surface area contributed by atoms with E-state index < -0.39 is 16.9 Å². The van der Waals surface area contributed by atoms with Gasteiger partial charge >= 0.3 is 0 Å². The van der Waals surface area contributed by atoms with E-state index in [1.165, 1.54) is 23.1 Å². The third-order valence-corrected chi connectivity index (χ3v) is 3.33. The second-order valence-electron chi connectivity index (χ2n) is 4.77. The van der Waals surface area contributed by atoms with Gasteiger partial charge in [-0.2, -0.15) is 0 Å². The molecule has 1 saturated heterocycles. The van der Waals surface area contributed by atoms with Gasteiger partial charge in [-0.15, -0.1) is 0 Å². The SMILES string of the molecule is Cc1ccc([N+](=O)[O-])cc1C(=O)N1CCOC(C(N)=O)C1. The number of morpholine rings is 1. The Kier molecular flexibility index (Phi) is 4.18. The average Bonchev–Trinajstić information content (AvgIpc) is 2.47. The number of amides is 2. The lowest BCUT2D eigenvalue weighted by molar-refractivity contribution is -0.384. The normalized spacial score (nSPS) is 18.3. The van der Waals surface area contributed by atoms with Crippen molar-refractivity contribution in [3.05, 3.63) is 39.4 Å². The van der Waals surface area contributed by atoms with Crippen molar-refractivity contribution >= 4 is 17.5 Å². The number of nitro benzene ring substituents is 1. The van der Waals surface area contributed by atoms with Crippen LogP contribution in [0.25, 0.3) is 0 Å². The van der Waals surface area contributed by atoms with Crippen LogP contribution in [-0.2, 0) is 9.53 Å². The first-order valence-corrected chi connectivity index (χ1v) is 6.35. The largest absolute Gasteiger partial charge is 0.367 e. The molecule has 2 amide bonds. The van der Waals surface area contributed by atoms with Crippen molar-refractivity contribution in [2.45, 2.75) is 13.0 Å². The molecule has 8 heteroatoms. The molecule has 0 aromatic heterocycles. The van der Waals surface area contributed by atoms with Crippen LogP contribution in [0.5, 0.6) is 0 Å². The van der Waals surface area contributed by atoms with E-state index in [0.717, 1.165) is 0 Å². The highest BCUT2D eigenvalue weighted by Gasteiger charge is 2.29. The van der Waals surface area contributed by atoms with Gasteiger partial charge < -0.3 is 15.4 Å². The van der Waals surface area contributed by atoms with E-state index in [2.05, 4.69) is 0 Å². The molecular weight excluding hydrogens is 278 g/mol. The number of non-ortho nitro benzene ring substituents is 1. The molecule has 1 fully saturated rings. The summed E-state index contributed by atoms with van der Waals surface area (Å²) in [5.41, 5.74) is 5.90. The second-order valence-corrected chi connectivity index (χ2v) is 4.77. The summed E-state index contributed by atoms with van der Waals surface area (Å²) in [5.74, 6) is -1.01. The highest BCUT2D eigenvalue weighted by Crippen LogP contribution is 2.20. The summed E-state index contributed by atoms with van der Waals surface area (Å²) < 4.78 is 5.17. The summed E-state index contributed by atoms with van der Waals surface area (Å²) >= 11 is 0. The highest BCUT2D eigenvalue weighted by molar-refractivity contribution is 5.96. The summed E-state index contributed by atoms with van der Waals surface area (Å²) in [6, 6.07) is 4.11. The van der Waals surface area contributed by atoms with Gasteiger partial charge in [0.05, 0.1) is 18.1 Å². The van der Waals surface area contributed by atoms with Crippen LogP contribution >= 0.6 is 0 Å². The molecule has 1 aliphatic rings.